The molecule has 2 rings (SSSR count). The van der Waals surface area contributed by atoms with Crippen LogP contribution in [0, 0.1) is 5.41 Å². The van der Waals surface area contributed by atoms with Gasteiger partial charge < -0.3 is 16.0 Å². The first kappa shape index (κ1) is 20.7. The van der Waals surface area contributed by atoms with Crippen molar-refractivity contribution in [3.63, 3.8) is 0 Å². The van der Waals surface area contributed by atoms with E-state index in [4.69, 9.17) is 0 Å². The summed E-state index contributed by atoms with van der Waals surface area (Å²) in [4.78, 5) is 36.9. The van der Waals surface area contributed by atoms with E-state index in [-0.39, 0.29) is 42.2 Å². The van der Waals surface area contributed by atoms with Gasteiger partial charge in [0.15, 0.2) is 0 Å². The smallest absolute Gasteiger partial charge is 0.325 e. The summed E-state index contributed by atoms with van der Waals surface area (Å²) in [6, 6.07) is -0.373. The van der Waals surface area contributed by atoms with Gasteiger partial charge in [0.1, 0.15) is 5.54 Å². The van der Waals surface area contributed by atoms with Crippen molar-refractivity contribution in [1.82, 2.24) is 20.9 Å². The second-order valence-corrected chi connectivity index (χ2v) is 7.45. The van der Waals surface area contributed by atoms with Crippen LogP contribution in [0.5, 0.6) is 0 Å². The van der Waals surface area contributed by atoms with E-state index in [1.54, 1.807) is 13.8 Å². The molecule has 0 atom stereocenters. The summed E-state index contributed by atoms with van der Waals surface area (Å²) in [5.41, 5.74) is -0.682. The Morgan fingerprint density at radius 2 is 1.83 bits per heavy atom. The molecule has 24 heavy (non-hydrogen) atoms. The summed E-state index contributed by atoms with van der Waals surface area (Å²) in [5, 5.41) is 8.94. The average molecular weight is 361 g/mol. The van der Waals surface area contributed by atoms with Gasteiger partial charge in [0.25, 0.3) is 5.91 Å². The maximum Gasteiger partial charge on any atom is 0.325 e. The van der Waals surface area contributed by atoms with Crippen LogP contribution in [0.1, 0.15) is 46.5 Å². The van der Waals surface area contributed by atoms with Gasteiger partial charge in [0, 0.05) is 19.5 Å². The van der Waals surface area contributed by atoms with E-state index in [2.05, 4.69) is 22.9 Å². The van der Waals surface area contributed by atoms with Gasteiger partial charge in [0.2, 0.25) is 5.91 Å². The molecule has 0 aromatic carbocycles. The molecule has 0 radical (unpaired) electrons. The lowest BCUT2D eigenvalue weighted by Crippen LogP contribution is -2.43. The van der Waals surface area contributed by atoms with Crippen LogP contribution in [0.3, 0.4) is 0 Å². The first-order valence-electron chi connectivity index (χ1n) is 8.35. The number of nitrogens with one attached hydrogen (secondary N) is 3. The molecule has 0 unspecified atom stereocenters. The van der Waals surface area contributed by atoms with Gasteiger partial charge in [-0.3, -0.25) is 14.5 Å². The van der Waals surface area contributed by atoms with Gasteiger partial charge in [-0.1, -0.05) is 6.92 Å². The number of nitrogens with zero attached hydrogens (tertiary/aromatic N) is 1. The maximum absolute atomic E-state index is 12.0. The molecule has 0 aromatic heterocycles. The van der Waals surface area contributed by atoms with Crippen LogP contribution in [-0.4, -0.2) is 54.5 Å². The number of amides is 4. The van der Waals surface area contributed by atoms with Crippen molar-refractivity contribution in [3.8, 4) is 0 Å². The number of urea groups is 1. The SMILES string of the molecule is CC1(CNC(=O)CCCN2C(=O)NC(C)(C)C2=O)CCNCC1.Cl. The summed E-state index contributed by atoms with van der Waals surface area (Å²) < 4.78 is 0. The molecule has 2 aliphatic heterocycles. The monoisotopic (exact) mass is 360 g/mol. The molecule has 2 aliphatic rings. The predicted molar refractivity (Wildman–Crippen MR) is 94.0 cm³/mol. The van der Waals surface area contributed by atoms with Gasteiger partial charge in [0.05, 0.1) is 0 Å². The molecule has 0 saturated carbocycles. The normalized spacial score (nSPS) is 21.9. The zero-order valence-electron chi connectivity index (χ0n) is 14.7. The summed E-state index contributed by atoms with van der Waals surface area (Å²) in [7, 11) is 0. The fourth-order valence-corrected chi connectivity index (χ4v) is 3.03. The Kier molecular flexibility index (Phi) is 7.04. The van der Waals surface area contributed by atoms with Crippen LogP contribution in [0.15, 0.2) is 0 Å². The number of imide groups is 1. The van der Waals surface area contributed by atoms with Crippen molar-refractivity contribution in [1.29, 1.82) is 0 Å². The fourth-order valence-electron chi connectivity index (χ4n) is 3.03. The van der Waals surface area contributed by atoms with E-state index >= 15 is 0 Å². The van der Waals surface area contributed by atoms with Crippen LogP contribution in [0.2, 0.25) is 0 Å². The minimum Gasteiger partial charge on any atom is -0.356 e. The van der Waals surface area contributed by atoms with E-state index < -0.39 is 5.54 Å². The van der Waals surface area contributed by atoms with Crippen LogP contribution >= 0.6 is 12.4 Å². The van der Waals surface area contributed by atoms with Crippen molar-refractivity contribution in [2.75, 3.05) is 26.2 Å². The lowest BCUT2D eigenvalue weighted by molar-refractivity contribution is -0.130. The highest BCUT2D eigenvalue weighted by molar-refractivity contribution is 6.06. The molecule has 8 heteroatoms. The molecule has 2 fully saturated rings. The Labute approximate surface area is 149 Å². The average Bonchev–Trinajstić information content (AvgIpc) is 2.68. The number of carbonyl (C=O) groups excluding carboxylic acids is 3. The number of hydrogen-bond donors (Lipinski definition) is 3. The highest BCUT2D eigenvalue weighted by atomic mass is 35.5. The molecule has 2 saturated heterocycles. The van der Waals surface area contributed by atoms with Crippen LogP contribution in [0.4, 0.5) is 4.79 Å². The fraction of sp³-hybridized carbons (Fsp3) is 0.812. The molecule has 0 bridgehead atoms. The predicted octanol–water partition coefficient (Wildman–Crippen LogP) is 1.02. The minimum atomic E-state index is -0.844. The van der Waals surface area contributed by atoms with Gasteiger partial charge in [-0.05, 0) is 51.6 Å². The number of hydrogen-bond acceptors (Lipinski definition) is 4. The molecule has 2 heterocycles. The second kappa shape index (κ2) is 8.16. The third-order valence-corrected chi connectivity index (χ3v) is 4.75. The van der Waals surface area contributed by atoms with E-state index in [1.165, 1.54) is 4.90 Å². The van der Waals surface area contributed by atoms with Crippen molar-refractivity contribution in [2.24, 2.45) is 5.41 Å². The highest BCUT2D eigenvalue weighted by Gasteiger charge is 2.43. The molecule has 0 spiro atoms. The van der Waals surface area contributed by atoms with Gasteiger partial charge in [-0.25, -0.2) is 4.79 Å². The maximum atomic E-state index is 12.0. The number of halogens is 1. The summed E-state index contributed by atoms with van der Waals surface area (Å²) in [6.45, 7) is 8.51. The molecule has 3 N–H and O–H groups in total. The second-order valence-electron chi connectivity index (χ2n) is 7.45. The summed E-state index contributed by atoms with van der Waals surface area (Å²) >= 11 is 0. The Morgan fingerprint density at radius 3 is 2.38 bits per heavy atom. The molecular formula is C16H29ClN4O3. The van der Waals surface area contributed by atoms with E-state index in [1.807, 2.05) is 0 Å². The lowest BCUT2D eigenvalue weighted by atomic mass is 9.81. The minimum absolute atomic E-state index is 0. The van der Waals surface area contributed by atoms with Crippen molar-refractivity contribution in [2.45, 2.75) is 52.0 Å². The Balaban J connectivity index is 0.00000288. The standard InChI is InChI=1S/C16H28N4O3.ClH/c1-15(2)13(22)20(14(23)19-15)10-4-5-12(21)18-11-16(3)6-8-17-9-7-16;/h17H,4-11H2,1-3H3,(H,18,21)(H,19,23);1H. The number of piperidine rings is 1. The lowest BCUT2D eigenvalue weighted by Gasteiger charge is -2.34. The Hall–Kier alpha value is -1.34. The number of rotatable bonds is 6. The van der Waals surface area contributed by atoms with Crippen molar-refractivity contribution < 1.29 is 14.4 Å². The molecule has 0 aliphatic carbocycles. The van der Waals surface area contributed by atoms with E-state index in [0.29, 0.717) is 19.4 Å². The van der Waals surface area contributed by atoms with Crippen LogP contribution in [0.25, 0.3) is 0 Å². The van der Waals surface area contributed by atoms with Gasteiger partial charge >= 0.3 is 6.03 Å². The quantitative estimate of drug-likeness (QED) is 0.617. The van der Waals surface area contributed by atoms with Crippen molar-refractivity contribution in [3.05, 3.63) is 0 Å². The van der Waals surface area contributed by atoms with Gasteiger partial charge in [-0.15, -0.1) is 12.4 Å². The molecule has 7 nitrogen and oxygen atoms in total. The first-order chi connectivity index (χ1) is 10.7. The zero-order chi connectivity index (χ0) is 17.1. The highest BCUT2D eigenvalue weighted by Crippen LogP contribution is 2.26. The Bertz CT molecular complexity index is 490. The molecular weight excluding hydrogens is 332 g/mol. The summed E-state index contributed by atoms with van der Waals surface area (Å²) in [5.74, 6) is -0.249. The van der Waals surface area contributed by atoms with E-state index in [0.717, 1.165) is 25.9 Å². The topological polar surface area (TPSA) is 90.5 Å². The zero-order valence-corrected chi connectivity index (χ0v) is 15.6. The molecule has 0 aromatic rings. The largest absolute Gasteiger partial charge is 0.356 e. The van der Waals surface area contributed by atoms with Crippen LogP contribution < -0.4 is 16.0 Å². The summed E-state index contributed by atoms with van der Waals surface area (Å²) in [6.07, 6.45) is 2.93. The number of carbonyl (C=O) groups is 3. The van der Waals surface area contributed by atoms with Gasteiger partial charge in [-0.2, -0.15) is 0 Å². The molecule has 138 valence electrons. The van der Waals surface area contributed by atoms with Crippen molar-refractivity contribution >= 4 is 30.3 Å². The molecule has 4 amide bonds. The Morgan fingerprint density at radius 1 is 1.21 bits per heavy atom. The first-order valence-corrected chi connectivity index (χ1v) is 8.35. The third-order valence-electron chi connectivity index (χ3n) is 4.75. The van der Waals surface area contributed by atoms with E-state index in [9.17, 15) is 14.4 Å². The van der Waals surface area contributed by atoms with Crippen LogP contribution in [-0.2, 0) is 9.59 Å². The third kappa shape index (κ3) is 5.08.